The Morgan fingerprint density at radius 2 is 1.07 bits per heavy atom. The van der Waals surface area contributed by atoms with E-state index in [1.807, 2.05) is 131 Å². The largest absolute Gasteiger partial charge is 0.481 e. The van der Waals surface area contributed by atoms with Crippen molar-refractivity contribution in [3.8, 4) is 0 Å². The van der Waals surface area contributed by atoms with Gasteiger partial charge in [0.05, 0.1) is 17.4 Å². The number of aliphatic carboxylic acids is 1. The molecule has 0 spiro atoms. The number of aryl methyl sites for hydroxylation is 2. The zero-order chi connectivity index (χ0) is 29.2. The summed E-state index contributed by atoms with van der Waals surface area (Å²) < 4.78 is 5.33. The number of hydrogen-bond donors (Lipinski definition) is 1. The van der Waals surface area contributed by atoms with E-state index < -0.39 is 16.8 Å². The van der Waals surface area contributed by atoms with E-state index in [9.17, 15) is 14.7 Å². The van der Waals surface area contributed by atoms with Crippen LogP contribution in [0.1, 0.15) is 54.2 Å². The molecule has 0 radical (unpaired) electrons. The minimum atomic E-state index is -0.895. The molecule has 0 fully saturated rings. The minimum Gasteiger partial charge on any atom is -0.481 e. The molecule has 2 atom stereocenters. The van der Waals surface area contributed by atoms with Crippen molar-refractivity contribution in [2.24, 2.45) is 0 Å². The van der Waals surface area contributed by atoms with Crippen LogP contribution in [0.5, 0.6) is 0 Å². The molecule has 208 valence electrons. The van der Waals surface area contributed by atoms with E-state index in [4.69, 9.17) is 4.74 Å². The number of carbonyl (C=O) groups is 2. The van der Waals surface area contributed by atoms with Crippen LogP contribution in [0.25, 0.3) is 0 Å². The van der Waals surface area contributed by atoms with Crippen LogP contribution in [0.2, 0.25) is 0 Å². The minimum absolute atomic E-state index is 0.167. The van der Waals surface area contributed by atoms with E-state index in [0.717, 1.165) is 33.4 Å². The number of benzene rings is 4. The quantitative estimate of drug-likeness (QED) is 0.223. The van der Waals surface area contributed by atoms with Gasteiger partial charge >= 0.3 is 11.9 Å². The maximum absolute atomic E-state index is 12.6. The SMILES string of the molecule is CCOC(=O)C(C)(Cc1ccccc1)c1cccc(C)c1.Cc1cccc(C(C)(Cc2ccccc2)C(=O)O)c1. The van der Waals surface area contributed by atoms with Crippen molar-refractivity contribution in [1.29, 1.82) is 0 Å². The van der Waals surface area contributed by atoms with Crippen LogP contribution in [-0.4, -0.2) is 23.7 Å². The molecule has 4 rings (SSSR count). The highest BCUT2D eigenvalue weighted by atomic mass is 16.5. The van der Waals surface area contributed by atoms with Gasteiger partial charge in [-0.2, -0.15) is 0 Å². The number of carbonyl (C=O) groups excluding carboxylic acids is 1. The summed E-state index contributed by atoms with van der Waals surface area (Å²) in [5.74, 6) is -0.957. The van der Waals surface area contributed by atoms with Crippen LogP contribution in [0.15, 0.2) is 109 Å². The number of hydrogen-bond acceptors (Lipinski definition) is 3. The zero-order valence-corrected chi connectivity index (χ0v) is 24.2. The average Bonchev–Trinajstić information content (AvgIpc) is 2.94. The molecule has 0 bridgehead atoms. The molecule has 4 nitrogen and oxygen atoms in total. The second kappa shape index (κ2) is 13.7. The first kappa shape index (κ1) is 30.4. The first-order valence-electron chi connectivity index (χ1n) is 13.7. The molecular formula is C36H40O4. The van der Waals surface area contributed by atoms with Crippen molar-refractivity contribution >= 4 is 11.9 Å². The first-order chi connectivity index (χ1) is 19.1. The fourth-order valence-electron chi connectivity index (χ4n) is 4.87. The molecule has 0 saturated carbocycles. The highest BCUT2D eigenvalue weighted by Gasteiger charge is 2.37. The smallest absolute Gasteiger partial charge is 0.316 e. The second-order valence-corrected chi connectivity index (χ2v) is 10.8. The fourth-order valence-corrected chi connectivity index (χ4v) is 4.87. The van der Waals surface area contributed by atoms with Crippen molar-refractivity contribution in [2.75, 3.05) is 6.61 Å². The zero-order valence-electron chi connectivity index (χ0n) is 24.2. The maximum atomic E-state index is 12.6. The van der Waals surface area contributed by atoms with Gasteiger partial charge in [0.15, 0.2) is 0 Å². The monoisotopic (exact) mass is 536 g/mol. The lowest BCUT2D eigenvalue weighted by Gasteiger charge is -2.28. The topological polar surface area (TPSA) is 63.6 Å². The van der Waals surface area contributed by atoms with Gasteiger partial charge in [-0.3, -0.25) is 9.59 Å². The van der Waals surface area contributed by atoms with Crippen LogP contribution in [-0.2, 0) is 38.0 Å². The Kier molecular flexibility index (Phi) is 10.4. The highest BCUT2D eigenvalue weighted by Crippen LogP contribution is 2.31. The maximum Gasteiger partial charge on any atom is 0.316 e. The molecule has 4 heteroatoms. The van der Waals surface area contributed by atoms with Gasteiger partial charge in [0.25, 0.3) is 0 Å². The molecule has 0 heterocycles. The third-order valence-corrected chi connectivity index (χ3v) is 7.31. The standard InChI is InChI=1S/C19H22O2.C17H18O2/c1-4-21-18(20)19(3,14-16-10-6-5-7-11-16)17-12-8-9-15(2)13-17;1-13-7-6-10-15(11-13)17(2,16(18)19)12-14-8-4-3-5-9-14/h5-13H,4,14H2,1-3H3;3-11H,12H2,1-2H3,(H,18,19). The van der Waals surface area contributed by atoms with E-state index in [-0.39, 0.29) is 5.97 Å². The Morgan fingerprint density at radius 1 is 0.650 bits per heavy atom. The molecule has 4 aromatic carbocycles. The van der Waals surface area contributed by atoms with E-state index in [1.54, 1.807) is 6.92 Å². The van der Waals surface area contributed by atoms with Crippen molar-refractivity contribution in [3.63, 3.8) is 0 Å². The average molecular weight is 537 g/mol. The number of rotatable bonds is 9. The summed E-state index contributed by atoms with van der Waals surface area (Å²) >= 11 is 0. The van der Waals surface area contributed by atoms with E-state index >= 15 is 0 Å². The number of carboxylic acid groups (broad SMARTS) is 1. The lowest BCUT2D eigenvalue weighted by atomic mass is 9.77. The van der Waals surface area contributed by atoms with Gasteiger partial charge in [-0.1, -0.05) is 120 Å². The summed E-state index contributed by atoms with van der Waals surface area (Å²) in [6.07, 6.45) is 1.13. The lowest BCUT2D eigenvalue weighted by molar-refractivity contribution is -0.149. The summed E-state index contributed by atoms with van der Waals surface area (Å²) in [6.45, 7) is 10.0. The van der Waals surface area contributed by atoms with Crippen LogP contribution in [0.4, 0.5) is 0 Å². The Balaban J connectivity index is 0.000000222. The van der Waals surface area contributed by atoms with Gasteiger partial charge in [0.2, 0.25) is 0 Å². The summed E-state index contributed by atoms with van der Waals surface area (Å²) in [5, 5.41) is 9.64. The predicted octanol–water partition coefficient (Wildman–Crippen LogP) is 7.64. The lowest BCUT2D eigenvalue weighted by Crippen LogP contribution is -2.36. The van der Waals surface area contributed by atoms with E-state index in [2.05, 4.69) is 6.07 Å². The molecule has 4 aromatic rings. The van der Waals surface area contributed by atoms with E-state index in [1.165, 1.54) is 0 Å². The van der Waals surface area contributed by atoms with Gasteiger partial charge in [0, 0.05) is 0 Å². The van der Waals surface area contributed by atoms with Crippen LogP contribution < -0.4 is 0 Å². The van der Waals surface area contributed by atoms with Crippen molar-refractivity contribution in [1.82, 2.24) is 0 Å². The van der Waals surface area contributed by atoms with Gasteiger partial charge in [-0.05, 0) is 69.7 Å². The number of carboxylic acids is 1. The molecule has 0 saturated heterocycles. The highest BCUT2D eigenvalue weighted by molar-refractivity contribution is 5.83. The molecule has 0 aliphatic heterocycles. The second-order valence-electron chi connectivity index (χ2n) is 10.8. The first-order valence-corrected chi connectivity index (χ1v) is 13.7. The van der Waals surface area contributed by atoms with Crippen LogP contribution >= 0.6 is 0 Å². The molecule has 0 aromatic heterocycles. The van der Waals surface area contributed by atoms with Gasteiger partial charge in [-0.15, -0.1) is 0 Å². The summed E-state index contributed by atoms with van der Waals surface area (Å²) in [6, 6.07) is 35.7. The van der Waals surface area contributed by atoms with Gasteiger partial charge < -0.3 is 9.84 Å². The van der Waals surface area contributed by atoms with Crippen molar-refractivity contribution < 1.29 is 19.4 Å². The van der Waals surface area contributed by atoms with Crippen molar-refractivity contribution in [2.45, 2.75) is 58.3 Å². The number of ether oxygens (including phenoxy) is 1. The fraction of sp³-hybridized carbons (Fsp3) is 0.278. The molecule has 0 amide bonds. The molecule has 2 unspecified atom stereocenters. The van der Waals surface area contributed by atoms with E-state index in [0.29, 0.717) is 19.4 Å². The third-order valence-electron chi connectivity index (χ3n) is 7.31. The Labute approximate surface area is 238 Å². The molecule has 0 aliphatic carbocycles. The third kappa shape index (κ3) is 7.69. The summed E-state index contributed by atoms with van der Waals surface area (Å²) in [5.41, 5.74) is 4.70. The summed E-state index contributed by atoms with van der Waals surface area (Å²) in [4.78, 5) is 24.3. The van der Waals surface area contributed by atoms with Gasteiger partial charge in [0.1, 0.15) is 0 Å². The predicted molar refractivity (Wildman–Crippen MR) is 162 cm³/mol. The molecule has 1 N–H and O–H groups in total. The van der Waals surface area contributed by atoms with Crippen molar-refractivity contribution in [3.05, 3.63) is 143 Å². The normalized spacial score (nSPS) is 13.6. The Hall–Kier alpha value is -4.18. The Morgan fingerprint density at radius 3 is 1.48 bits per heavy atom. The molecule has 0 aliphatic rings. The molecular weight excluding hydrogens is 496 g/mol. The number of esters is 1. The van der Waals surface area contributed by atoms with Crippen LogP contribution in [0, 0.1) is 13.8 Å². The Bertz CT molecular complexity index is 1400. The van der Waals surface area contributed by atoms with Crippen LogP contribution in [0.3, 0.4) is 0 Å². The van der Waals surface area contributed by atoms with Gasteiger partial charge in [-0.25, -0.2) is 0 Å². The summed E-state index contributed by atoms with van der Waals surface area (Å²) in [7, 11) is 0. The molecule has 40 heavy (non-hydrogen) atoms.